The van der Waals surface area contributed by atoms with Gasteiger partial charge in [-0.2, -0.15) is 0 Å². The fourth-order valence-corrected chi connectivity index (χ4v) is 3.51. The summed E-state index contributed by atoms with van der Waals surface area (Å²) in [4.78, 5) is 19.3. The highest BCUT2D eigenvalue weighted by Crippen LogP contribution is 2.15. The highest BCUT2D eigenvalue weighted by Gasteiger charge is 2.26. The SMILES string of the molecule is CCNC(=NCc1ccc(C(=O)N2CC(C)OC(C)C2)cc1)NCCCC(C)C. The normalized spacial score (nSPS) is 20.1. The van der Waals surface area contributed by atoms with Gasteiger partial charge in [-0.3, -0.25) is 4.79 Å². The lowest BCUT2D eigenvalue weighted by atomic mass is 10.1. The summed E-state index contributed by atoms with van der Waals surface area (Å²) in [5.41, 5.74) is 1.81. The van der Waals surface area contributed by atoms with E-state index in [1.807, 2.05) is 43.0 Å². The fraction of sp³-hybridized carbons (Fsp3) is 0.652. The van der Waals surface area contributed by atoms with Crippen LogP contribution in [0.5, 0.6) is 0 Å². The van der Waals surface area contributed by atoms with E-state index in [0.29, 0.717) is 19.6 Å². The number of guanidine groups is 1. The smallest absolute Gasteiger partial charge is 0.254 e. The molecule has 0 aromatic heterocycles. The lowest BCUT2D eigenvalue weighted by molar-refractivity contribution is -0.0586. The van der Waals surface area contributed by atoms with Crippen LogP contribution in [0.4, 0.5) is 0 Å². The molecule has 2 unspecified atom stereocenters. The summed E-state index contributed by atoms with van der Waals surface area (Å²) >= 11 is 0. The van der Waals surface area contributed by atoms with E-state index in [-0.39, 0.29) is 18.1 Å². The zero-order valence-corrected chi connectivity index (χ0v) is 18.7. The third-order valence-electron chi connectivity index (χ3n) is 4.92. The molecule has 2 rings (SSSR count). The van der Waals surface area contributed by atoms with Gasteiger partial charge in [0.1, 0.15) is 0 Å². The minimum atomic E-state index is 0.0715. The monoisotopic (exact) mass is 402 g/mol. The van der Waals surface area contributed by atoms with E-state index >= 15 is 0 Å². The van der Waals surface area contributed by atoms with Gasteiger partial charge in [0.15, 0.2) is 5.96 Å². The number of aliphatic imine (C=N–C) groups is 1. The first-order valence-corrected chi connectivity index (χ1v) is 10.9. The Morgan fingerprint density at radius 1 is 1.17 bits per heavy atom. The van der Waals surface area contributed by atoms with Crippen molar-refractivity contribution in [2.24, 2.45) is 10.9 Å². The van der Waals surface area contributed by atoms with Gasteiger partial charge in [-0.15, -0.1) is 0 Å². The molecule has 2 N–H and O–H groups in total. The molecule has 0 radical (unpaired) electrons. The summed E-state index contributed by atoms with van der Waals surface area (Å²) in [5.74, 6) is 1.64. The number of benzene rings is 1. The second-order valence-corrected chi connectivity index (χ2v) is 8.32. The first-order valence-electron chi connectivity index (χ1n) is 10.9. The Morgan fingerprint density at radius 3 is 2.41 bits per heavy atom. The Morgan fingerprint density at radius 2 is 1.83 bits per heavy atom. The minimum absolute atomic E-state index is 0.0715. The molecule has 0 spiro atoms. The molecule has 1 amide bonds. The zero-order valence-electron chi connectivity index (χ0n) is 18.7. The molecule has 162 valence electrons. The third-order valence-corrected chi connectivity index (χ3v) is 4.92. The minimum Gasteiger partial charge on any atom is -0.372 e. The van der Waals surface area contributed by atoms with Crippen LogP contribution < -0.4 is 10.6 Å². The first kappa shape index (κ1) is 23.2. The summed E-state index contributed by atoms with van der Waals surface area (Å²) in [6.45, 7) is 14.2. The second-order valence-electron chi connectivity index (χ2n) is 8.32. The van der Waals surface area contributed by atoms with E-state index < -0.39 is 0 Å². The van der Waals surface area contributed by atoms with Crippen LogP contribution in [0.1, 0.15) is 63.4 Å². The quantitative estimate of drug-likeness (QED) is 0.397. The summed E-state index contributed by atoms with van der Waals surface area (Å²) in [7, 11) is 0. The van der Waals surface area contributed by atoms with E-state index in [1.54, 1.807) is 0 Å². The van der Waals surface area contributed by atoms with Crippen molar-refractivity contribution in [1.29, 1.82) is 0 Å². The Hall–Kier alpha value is -2.08. The molecule has 0 bridgehead atoms. The van der Waals surface area contributed by atoms with Gasteiger partial charge in [-0.05, 0) is 57.2 Å². The van der Waals surface area contributed by atoms with Gasteiger partial charge in [-0.25, -0.2) is 4.99 Å². The average Bonchev–Trinajstić information content (AvgIpc) is 2.68. The van der Waals surface area contributed by atoms with Crippen LogP contribution in [0, 0.1) is 5.92 Å². The highest BCUT2D eigenvalue weighted by atomic mass is 16.5. The summed E-state index contributed by atoms with van der Waals surface area (Å²) < 4.78 is 5.72. The van der Waals surface area contributed by atoms with Gasteiger partial charge in [0.2, 0.25) is 0 Å². The molecule has 1 aromatic rings. The number of hydrogen-bond acceptors (Lipinski definition) is 3. The number of morpholine rings is 1. The molecular weight excluding hydrogens is 364 g/mol. The lowest BCUT2D eigenvalue weighted by Crippen LogP contribution is -2.48. The Bertz CT molecular complexity index is 647. The van der Waals surface area contributed by atoms with E-state index in [2.05, 4.69) is 36.4 Å². The maximum absolute atomic E-state index is 12.8. The topological polar surface area (TPSA) is 66.0 Å². The van der Waals surface area contributed by atoms with Crippen molar-refractivity contribution >= 4 is 11.9 Å². The van der Waals surface area contributed by atoms with E-state index in [4.69, 9.17) is 4.74 Å². The Kier molecular flexibility index (Phi) is 9.45. The number of rotatable bonds is 8. The number of carbonyl (C=O) groups is 1. The molecule has 0 saturated carbocycles. The summed E-state index contributed by atoms with van der Waals surface area (Å²) in [5, 5.41) is 6.68. The van der Waals surface area contributed by atoms with E-state index in [1.165, 1.54) is 6.42 Å². The number of hydrogen-bond donors (Lipinski definition) is 2. The van der Waals surface area contributed by atoms with E-state index in [0.717, 1.165) is 42.5 Å². The lowest BCUT2D eigenvalue weighted by Gasteiger charge is -2.35. The van der Waals surface area contributed by atoms with Crippen LogP contribution >= 0.6 is 0 Å². The molecule has 2 atom stereocenters. The number of carbonyl (C=O) groups excluding carboxylic acids is 1. The van der Waals surface area contributed by atoms with Crippen molar-refractivity contribution in [3.63, 3.8) is 0 Å². The molecule has 1 aromatic carbocycles. The van der Waals surface area contributed by atoms with Crippen molar-refractivity contribution in [1.82, 2.24) is 15.5 Å². The predicted octanol–water partition coefficient (Wildman–Crippen LogP) is 3.43. The van der Waals surface area contributed by atoms with Gasteiger partial charge >= 0.3 is 0 Å². The molecule has 1 aliphatic heterocycles. The predicted molar refractivity (Wildman–Crippen MR) is 119 cm³/mol. The Balaban J connectivity index is 1.90. The van der Waals surface area contributed by atoms with Crippen LogP contribution in [-0.4, -0.2) is 55.2 Å². The van der Waals surface area contributed by atoms with Gasteiger partial charge in [-0.1, -0.05) is 26.0 Å². The zero-order chi connectivity index (χ0) is 21.2. The van der Waals surface area contributed by atoms with Crippen LogP contribution in [0.2, 0.25) is 0 Å². The standard InChI is InChI=1S/C23H38N4O2/c1-6-24-23(25-13-7-8-17(2)3)26-14-20-9-11-21(12-10-20)22(28)27-15-18(4)29-19(5)16-27/h9-12,17-19H,6-8,13-16H2,1-5H3,(H2,24,25,26). The first-order chi connectivity index (χ1) is 13.9. The van der Waals surface area contributed by atoms with E-state index in [9.17, 15) is 4.79 Å². The van der Waals surface area contributed by atoms with Crippen molar-refractivity contribution in [3.8, 4) is 0 Å². The maximum Gasteiger partial charge on any atom is 0.254 e. The van der Waals surface area contributed by atoms with Crippen LogP contribution in [0.25, 0.3) is 0 Å². The van der Waals surface area contributed by atoms with Gasteiger partial charge in [0, 0.05) is 31.7 Å². The molecule has 1 heterocycles. The molecule has 0 aliphatic carbocycles. The number of ether oxygens (including phenoxy) is 1. The van der Waals surface area contributed by atoms with Gasteiger partial charge in [0.25, 0.3) is 5.91 Å². The fourth-order valence-electron chi connectivity index (χ4n) is 3.51. The number of nitrogens with zero attached hydrogens (tertiary/aromatic N) is 2. The number of nitrogens with one attached hydrogen (secondary N) is 2. The summed E-state index contributed by atoms with van der Waals surface area (Å²) in [6, 6.07) is 7.79. The number of amides is 1. The van der Waals surface area contributed by atoms with Crippen molar-refractivity contribution < 1.29 is 9.53 Å². The molecule has 1 aliphatic rings. The van der Waals surface area contributed by atoms with Crippen molar-refractivity contribution in [2.45, 2.75) is 66.2 Å². The van der Waals surface area contributed by atoms with Crippen LogP contribution in [0.3, 0.4) is 0 Å². The largest absolute Gasteiger partial charge is 0.372 e. The van der Waals surface area contributed by atoms with Gasteiger partial charge < -0.3 is 20.3 Å². The summed E-state index contributed by atoms with van der Waals surface area (Å²) in [6.07, 6.45) is 2.50. The molecule has 29 heavy (non-hydrogen) atoms. The molecule has 6 heteroatoms. The van der Waals surface area contributed by atoms with Crippen LogP contribution in [-0.2, 0) is 11.3 Å². The molecule has 1 fully saturated rings. The Labute approximate surface area is 176 Å². The second kappa shape index (κ2) is 11.8. The molecule has 1 saturated heterocycles. The third kappa shape index (κ3) is 8.05. The van der Waals surface area contributed by atoms with Crippen molar-refractivity contribution in [3.05, 3.63) is 35.4 Å². The molecular formula is C23H38N4O2. The highest BCUT2D eigenvalue weighted by molar-refractivity contribution is 5.94. The van der Waals surface area contributed by atoms with Crippen LogP contribution in [0.15, 0.2) is 29.3 Å². The van der Waals surface area contributed by atoms with Crippen molar-refractivity contribution in [2.75, 3.05) is 26.2 Å². The van der Waals surface area contributed by atoms with Gasteiger partial charge in [0.05, 0.1) is 18.8 Å². The average molecular weight is 403 g/mol. The maximum atomic E-state index is 12.8. The molecule has 6 nitrogen and oxygen atoms in total.